The van der Waals surface area contributed by atoms with Crippen LogP contribution in [0.2, 0.25) is 0 Å². The van der Waals surface area contributed by atoms with Gasteiger partial charge in [0.05, 0.1) is 18.8 Å². The van der Waals surface area contributed by atoms with Crippen molar-refractivity contribution in [1.82, 2.24) is 4.90 Å². The highest BCUT2D eigenvalue weighted by Crippen LogP contribution is 2.43. The van der Waals surface area contributed by atoms with Gasteiger partial charge in [0.25, 0.3) is 5.91 Å². The molecule has 1 atom stereocenters. The predicted molar refractivity (Wildman–Crippen MR) is 111 cm³/mol. The Morgan fingerprint density at radius 1 is 1.04 bits per heavy atom. The molecule has 4 rings (SSSR count). The number of rotatable bonds is 5. The Bertz CT molecular complexity index is 893. The van der Waals surface area contributed by atoms with Crippen LogP contribution in [-0.2, 0) is 10.4 Å². The first kappa shape index (κ1) is 19.3. The van der Waals surface area contributed by atoms with Crippen LogP contribution in [0.4, 0.5) is 5.69 Å². The quantitative estimate of drug-likeness (QED) is 0.717. The molecule has 0 radical (unpaired) electrons. The van der Waals surface area contributed by atoms with E-state index in [1.807, 2.05) is 12.1 Å². The number of hydrogen-bond donors (Lipinski definition) is 1. The van der Waals surface area contributed by atoms with Crippen molar-refractivity contribution in [2.75, 3.05) is 24.7 Å². The van der Waals surface area contributed by atoms with E-state index in [1.165, 1.54) is 6.42 Å². The molecule has 28 heavy (non-hydrogen) atoms. The Kier molecular flexibility index (Phi) is 5.36. The van der Waals surface area contributed by atoms with E-state index < -0.39 is 11.5 Å². The maximum atomic E-state index is 13.3. The van der Waals surface area contributed by atoms with E-state index in [1.54, 1.807) is 41.3 Å². The second kappa shape index (κ2) is 7.78. The van der Waals surface area contributed by atoms with Crippen LogP contribution in [0.25, 0.3) is 0 Å². The summed E-state index contributed by atoms with van der Waals surface area (Å²) in [6, 6.07) is 14.2. The maximum absolute atomic E-state index is 13.3. The summed E-state index contributed by atoms with van der Waals surface area (Å²) in [7, 11) is 0. The minimum absolute atomic E-state index is 0.252. The summed E-state index contributed by atoms with van der Waals surface area (Å²) < 4.78 is 0.873. The molecule has 0 aliphatic carbocycles. The highest BCUT2D eigenvalue weighted by Gasteiger charge is 2.51. The molecule has 2 aliphatic heterocycles. The first-order valence-corrected chi connectivity index (χ1v) is 10.4. The first-order valence-electron chi connectivity index (χ1n) is 9.64. The van der Waals surface area contributed by atoms with E-state index in [9.17, 15) is 14.7 Å². The smallest absolute Gasteiger partial charge is 0.265 e. The van der Waals surface area contributed by atoms with Crippen LogP contribution in [-0.4, -0.2) is 41.5 Å². The number of benzene rings is 2. The van der Waals surface area contributed by atoms with Crippen LogP contribution < -0.4 is 4.90 Å². The number of nitrogens with zero attached hydrogens (tertiary/aromatic N) is 2. The van der Waals surface area contributed by atoms with Gasteiger partial charge in [-0.3, -0.25) is 19.4 Å². The van der Waals surface area contributed by atoms with E-state index >= 15 is 0 Å². The summed E-state index contributed by atoms with van der Waals surface area (Å²) in [4.78, 5) is 30.0. The monoisotopic (exact) mass is 442 g/mol. The van der Waals surface area contributed by atoms with Gasteiger partial charge >= 0.3 is 0 Å². The third-order valence-electron chi connectivity index (χ3n) is 5.61. The van der Waals surface area contributed by atoms with Gasteiger partial charge in [0.2, 0.25) is 0 Å². The molecular formula is C22H23BrN2O3. The van der Waals surface area contributed by atoms with Crippen molar-refractivity contribution in [2.24, 2.45) is 0 Å². The number of Topliss-reactive ketones (excluding diaryl/α,β-unsaturated/α-hetero) is 1. The number of carbonyl (C=O) groups excluding carboxylic acids is 2. The van der Waals surface area contributed by atoms with Gasteiger partial charge in [-0.2, -0.15) is 0 Å². The second-order valence-electron chi connectivity index (χ2n) is 7.54. The molecule has 2 aromatic rings. The molecule has 2 aromatic carbocycles. The predicted octanol–water partition coefficient (Wildman–Crippen LogP) is 3.70. The van der Waals surface area contributed by atoms with Crippen LogP contribution in [0.1, 0.15) is 41.6 Å². The second-order valence-corrected chi connectivity index (χ2v) is 8.45. The number of ketones is 1. The van der Waals surface area contributed by atoms with Crippen LogP contribution in [0.3, 0.4) is 0 Å². The topological polar surface area (TPSA) is 60.9 Å². The van der Waals surface area contributed by atoms with Gasteiger partial charge in [0.1, 0.15) is 0 Å². The number of piperidine rings is 1. The lowest BCUT2D eigenvalue weighted by Crippen LogP contribution is -2.47. The van der Waals surface area contributed by atoms with Crippen molar-refractivity contribution in [3.63, 3.8) is 0 Å². The third-order valence-corrected chi connectivity index (χ3v) is 6.14. The number of likely N-dealkylation sites (tertiary alicyclic amines) is 1. The van der Waals surface area contributed by atoms with Gasteiger partial charge in [-0.15, -0.1) is 0 Å². The maximum Gasteiger partial charge on any atom is 0.265 e. The lowest BCUT2D eigenvalue weighted by Gasteiger charge is -2.31. The molecule has 1 saturated heterocycles. The van der Waals surface area contributed by atoms with Crippen LogP contribution in [0.5, 0.6) is 0 Å². The fraction of sp³-hybridized carbons (Fsp3) is 0.364. The van der Waals surface area contributed by atoms with E-state index in [2.05, 4.69) is 20.8 Å². The van der Waals surface area contributed by atoms with Crippen LogP contribution >= 0.6 is 15.9 Å². The van der Waals surface area contributed by atoms with Crippen molar-refractivity contribution < 1.29 is 14.7 Å². The zero-order valence-corrected chi connectivity index (χ0v) is 17.2. The number of carbonyl (C=O) groups is 2. The summed E-state index contributed by atoms with van der Waals surface area (Å²) in [6.45, 7) is 2.34. The third kappa shape index (κ3) is 3.52. The molecule has 6 heteroatoms. The molecule has 2 heterocycles. The Morgan fingerprint density at radius 3 is 2.43 bits per heavy atom. The van der Waals surface area contributed by atoms with Crippen LogP contribution in [0.15, 0.2) is 53.0 Å². The summed E-state index contributed by atoms with van der Waals surface area (Å²) in [5.74, 6) is -0.664. The molecule has 146 valence electrons. The standard InChI is InChI=1S/C22H23BrN2O3/c23-17-10-8-16(9-11-17)20(26)14-22(28)18-6-2-3-7-19(18)25(21(22)27)15-24-12-4-1-5-13-24/h2-3,6-11,28H,1,4-5,12-15H2/t22-/m0/s1. The number of aliphatic hydroxyl groups is 1. The van der Waals surface area contributed by atoms with Crippen molar-refractivity contribution in [3.05, 3.63) is 64.1 Å². The molecule has 0 spiro atoms. The molecule has 2 aliphatic rings. The lowest BCUT2D eigenvalue weighted by molar-refractivity contribution is -0.136. The zero-order valence-electron chi connectivity index (χ0n) is 15.6. The number of halogens is 1. The molecule has 0 aromatic heterocycles. The summed E-state index contributed by atoms with van der Waals surface area (Å²) >= 11 is 3.35. The summed E-state index contributed by atoms with van der Waals surface area (Å²) in [6.07, 6.45) is 3.19. The number of fused-ring (bicyclic) bond motifs is 1. The van der Waals surface area contributed by atoms with Crippen molar-refractivity contribution in [3.8, 4) is 0 Å². The first-order chi connectivity index (χ1) is 13.5. The van der Waals surface area contributed by atoms with E-state index in [-0.39, 0.29) is 12.2 Å². The van der Waals surface area contributed by atoms with Crippen molar-refractivity contribution in [1.29, 1.82) is 0 Å². The number of anilines is 1. The van der Waals surface area contributed by atoms with Gasteiger partial charge in [-0.05, 0) is 44.1 Å². The number of amides is 1. The minimum atomic E-state index is -1.82. The largest absolute Gasteiger partial charge is 0.375 e. The average molecular weight is 443 g/mol. The van der Waals surface area contributed by atoms with Crippen molar-refractivity contribution >= 4 is 33.3 Å². The molecule has 1 amide bonds. The summed E-state index contributed by atoms with van der Waals surface area (Å²) in [5, 5.41) is 11.4. The van der Waals surface area contributed by atoms with Gasteiger partial charge in [0.15, 0.2) is 11.4 Å². The minimum Gasteiger partial charge on any atom is -0.375 e. The normalized spacial score (nSPS) is 22.4. The van der Waals surface area contributed by atoms with Gasteiger partial charge in [-0.25, -0.2) is 0 Å². The average Bonchev–Trinajstić information content (AvgIpc) is 2.91. The number of para-hydroxylation sites is 1. The molecule has 1 N–H and O–H groups in total. The molecule has 0 saturated carbocycles. The molecule has 0 unspecified atom stereocenters. The van der Waals surface area contributed by atoms with Crippen LogP contribution in [0, 0.1) is 0 Å². The van der Waals surface area contributed by atoms with Gasteiger partial charge < -0.3 is 5.11 Å². The fourth-order valence-electron chi connectivity index (χ4n) is 4.09. The highest BCUT2D eigenvalue weighted by atomic mass is 79.9. The van der Waals surface area contributed by atoms with E-state index in [0.717, 1.165) is 30.4 Å². The number of hydrogen-bond acceptors (Lipinski definition) is 4. The molecule has 0 bridgehead atoms. The molecule has 5 nitrogen and oxygen atoms in total. The van der Waals surface area contributed by atoms with E-state index in [0.29, 0.717) is 23.5 Å². The van der Waals surface area contributed by atoms with Gasteiger partial charge in [0, 0.05) is 15.6 Å². The Morgan fingerprint density at radius 2 is 1.71 bits per heavy atom. The fourth-order valence-corrected chi connectivity index (χ4v) is 4.35. The summed E-state index contributed by atoms with van der Waals surface area (Å²) in [5.41, 5.74) is -0.126. The van der Waals surface area contributed by atoms with E-state index in [4.69, 9.17) is 0 Å². The lowest BCUT2D eigenvalue weighted by atomic mass is 9.88. The Balaban J connectivity index is 1.61. The molecule has 1 fully saturated rings. The van der Waals surface area contributed by atoms with Gasteiger partial charge in [-0.1, -0.05) is 52.7 Å². The zero-order chi connectivity index (χ0) is 19.7. The SMILES string of the molecule is O=C(C[C@@]1(O)C(=O)N(CN2CCCCC2)c2ccccc21)c1ccc(Br)cc1. The van der Waals surface area contributed by atoms with Crippen molar-refractivity contribution in [2.45, 2.75) is 31.3 Å². The molecular weight excluding hydrogens is 420 g/mol. The Hall–Kier alpha value is -2.02. The highest BCUT2D eigenvalue weighted by molar-refractivity contribution is 9.10. The Labute approximate surface area is 173 Å².